The number of fused-ring (bicyclic) bond motifs is 4. The van der Waals surface area contributed by atoms with Crippen molar-refractivity contribution in [2.24, 2.45) is 5.73 Å². The summed E-state index contributed by atoms with van der Waals surface area (Å²) >= 11 is 6.37. The standard InChI is InChI=1S/C21H26ClN5O4/c1-3-31-20(28)16-7-5-4-6-15(23)18-11-14(19(22)27-26-18)13-9-8-12(10-17(13)25-16)24-21(29)30-2/h8-11,15-16,25H,3-7,23H2,1-2H3,(H,24,29)/t15?,16-/m0/s1. The van der Waals surface area contributed by atoms with Gasteiger partial charge >= 0.3 is 12.1 Å². The number of methoxy groups -OCH3 is 1. The highest BCUT2D eigenvalue weighted by Crippen LogP contribution is 2.36. The van der Waals surface area contributed by atoms with Gasteiger partial charge in [-0.2, -0.15) is 5.10 Å². The third-order valence-electron chi connectivity index (χ3n) is 5.05. The Bertz CT molecular complexity index is 955. The van der Waals surface area contributed by atoms with E-state index in [9.17, 15) is 9.59 Å². The number of anilines is 2. The third kappa shape index (κ3) is 5.62. The van der Waals surface area contributed by atoms with Crippen LogP contribution in [0, 0.1) is 0 Å². The van der Waals surface area contributed by atoms with Crippen LogP contribution < -0.4 is 16.4 Å². The van der Waals surface area contributed by atoms with Crippen molar-refractivity contribution in [3.63, 3.8) is 0 Å². The monoisotopic (exact) mass is 447 g/mol. The van der Waals surface area contributed by atoms with Crippen LogP contribution in [0.3, 0.4) is 0 Å². The van der Waals surface area contributed by atoms with Gasteiger partial charge in [0.2, 0.25) is 0 Å². The number of aromatic nitrogens is 2. The zero-order valence-electron chi connectivity index (χ0n) is 17.5. The van der Waals surface area contributed by atoms with E-state index in [0.29, 0.717) is 41.0 Å². The third-order valence-corrected chi connectivity index (χ3v) is 5.33. The lowest BCUT2D eigenvalue weighted by molar-refractivity contribution is -0.144. The molecule has 166 valence electrons. The van der Waals surface area contributed by atoms with Crippen LogP contribution in [0.15, 0.2) is 24.3 Å². The fourth-order valence-corrected chi connectivity index (χ4v) is 3.64. The maximum Gasteiger partial charge on any atom is 0.411 e. The number of hydrogen-bond donors (Lipinski definition) is 3. The van der Waals surface area contributed by atoms with E-state index in [2.05, 4.69) is 25.6 Å². The smallest absolute Gasteiger partial charge is 0.411 e. The molecule has 2 atom stereocenters. The minimum Gasteiger partial charge on any atom is -0.464 e. The first-order valence-electron chi connectivity index (χ1n) is 10.1. The van der Waals surface area contributed by atoms with E-state index in [-0.39, 0.29) is 23.8 Å². The zero-order valence-corrected chi connectivity index (χ0v) is 18.2. The molecule has 1 aliphatic heterocycles. The molecule has 0 spiro atoms. The van der Waals surface area contributed by atoms with E-state index in [1.165, 1.54) is 7.11 Å². The van der Waals surface area contributed by atoms with Crippen LogP contribution >= 0.6 is 11.6 Å². The molecule has 0 saturated carbocycles. The summed E-state index contributed by atoms with van der Waals surface area (Å²) in [5.41, 5.74) is 9.34. The van der Waals surface area contributed by atoms with Crippen LogP contribution in [-0.2, 0) is 14.3 Å². The predicted octanol–water partition coefficient (Wildman–Crippen LogP) is 3.89. The van der Waals surface area contributed by atoms with Gasteiger partial charge in [0, 0.05) is 28.5 Å². The van der Waals surface area contributed by atoms with Crippen LogP contribution in [-0.4, -0.2) is 42.0 Å². The summed E-state index contributed by atoms with van der Waals surface area (Å²) in [6.07, 6.45) is 2.25. The van der Waals surface area contributed by atoms with E-state index in [0.717, 1.165) is 12.8 Å². The summed E-state index contributed by atoms with van der Waals surface area (Å²) in [7, 11) is 1.28. The zero-order chi connectivity index (χ0) is 22.4. The van der Waals surface area contributed by atoms with Crippen molar-refractivity contribution in [3.8, 4) is 11.1 Å². The number of hydrogen-bond acceptors (Lipinski definition) is 8. The van der Waals surface area contributed by atoms with Crippen LogP contribution in [0.1, 0.15) is 44.3 Å². The topological polar surface area (TPSA) is 128 Å². The SMILES string of the molecule is CCOC(=O)[C@@H]1CCCCC(N)c2cc(c(Cl)nn2)-c2ccc(NC(=O)OC)cc2N1. The minimum atomic E-state index is -0.605. The minimum absolute atomic E-state index is 0.206. The average Bonchev–Trinajstić information content (AvgIpc) is 2.75. The first kappa shape index (κ1) is 22.8. The van der Waals surface area contributed by atoms with Crippen molar-refractivity contribution in [1.29, 1.82) is 0 Å². The average molecular weight is 448 g/mol. The highest BCUT2D eigenvalue weighted by atomic mass is 35.5. The van der Waals surface area contributed by atoms with Crippen molar-refractivity contribution >= 4 is 35.0 Å². The highest BCUT2D eigenvalue weighted by Gasteiger charge is 2.24. The van der Waals surface area contributed by atoms with Crippen molar-refractivity contribution in [2.75, 3.05) is 24.4 Å². The van der Waals surface area contributed by atoms with E-state index in [1.807, 2.05) is 6.07 Å². The summed E-state index contributed by atoms with van der Waals surface area (Å²) in [5.74, 6) is -0.347. The molecule has 1 aromatic heterocycles. The van der Waals surface area contributed by atoms with Gasteiger partial charge in [-0.1, -0.05) is 30.5 Å². The molecular formula is C21H26ClN5O4. The van der Waals surface area contributed by atoms with Gasteiger partial charge in [0.25, 0.3) is 0 Å². The molecule has 4 N–H and O–H groups in total. The molecule has 0 fully saturated rings. The van der Waals surface area contributed by atoms with E-state index in [1.54, 1.807) is 25.1 Å². The summed E-state index contributed by atoms with van der Waals surface area (Å²) in [5, 5.41) is 14.3. The van der Waals surface area contributed by atoms with Gasteiger partial charge in [-0.05, 0) is 38.0 Å². The van der Waals surface area contributed by atoms with E-state index >= 15 is 0 Å². The number of nitrogens with zero attached hydrogens (tertiary/aromatic N) is 2. The number of nitrogens with two attached hydrogens (primary N) is 1. The fourth-order valence-electron chi connectivity index (χ4n) is 3.45. The second-order valence-corrected chi connectivity index (χ2v) is 7.55. The predicted molar refractivity (Wildman–Crippen MR) is 118 cm³/mol. The Hall–Kier alpha value is -2.91. The Morgan fingerprint density at radius 2 is 2.00 bits per heavy atom. The second kappa shape index (κ2) is 10.4. The summed E-state index contributed by atoms with van der Waals surface area (Å²) < 4.78 is 9.93. The Balaban J connectivity index is 2.11. The highest BCUT2D eigenvalue weighted by molar-refractivity contribution is 6.32. The first-order valence-corrected chi connectivity index (χ1v) is 10.5. The number of carbonyl (C=O) groups is 2. The van der Waals surface area contributed by atoms with Gasteiger partial charge in [-0.25, -0.2) is 9.59 Å². The molecule has 0 radical (unpaired) electrons. The van der Waals surface area contributed by atoms with E-state index in [4.69, 9.17) is 22.1 Å². The number of halogens is 1. The summed E-state index contributed by atoms with van der Waals surface area (Å²) in [6, 6.07) is 6.14. The van der Waals surface area contributed by atoms with Crippen molar-refractivity contribution in [1.82, 2.24) is 10.2 Å². The lowest BCUT2D eigenvalue weighted by atomic mass is 9.98. The molecule has 9 nitrogen and oxygen atoms in total. The van der Waals surface area contributed by atoms with Crippen LogP contribution in [0.2, 0.25) is 5.15 Å². The van der Waals surface area contributed by atoms with Crippen LogP contribution in [0.4, 0.5) is 16.2 Å². The second-order valence-electron chi connectivity index (χ2n) is 7.19. The quantitative estimate of drug-likeness (QED) is 0.604. The molecule has 1 amide bonds. The molecule has 31 heavy (non-hydrogen) atoms. The molecule has 2 heterocycles. The molecule has 1 aliphatic rings. The Kier molecular flexibility index (Phi) is 7.64. The van der Waals surface area contributed by atoms with Gasteiger partial charge in [0.1, 0.15) is 6.04 Å². The van der Waals surface area contributed by atoms with Crippen LogP contribution in [0.5, 0.6) is 0 Å². The summed E-state index contributed by atoms with van der Waals surface area (Å²) in [4.78, 5) is 24.3. The molecule has 10 heteroatoms. The number of nitrogens with one attached hydrogen (secondary N) is 2. The number of esters is 1. The molecule has 0 aliphatic carbocycles. The van der Waals surface area contributed by atoms with Crippen molar-refractivity contribution < 1.29 is 19.1 Å². The van der Waals surface area contributed by atoms with Gasteiger partial charge in [0.05, 0.1) is 19.4 Å². The Morgan fingerprint density at radius 1 is 1.23 bits per heavy atom. The number of amides is 1. The van der Waals surface area contributed by atoms with Crippen LogP contribution in [0.25, 0.3) is 11.1 Å². The molecule has 0 saturated heterocycles. The molecule has 2 bridgehead atoms. The van der Waals surface area contributed by atoms with Gasteiger partial charge in [-0.3, -0.25) is 5.32 Å². The number of benzene rings is 1. The molecule has 3 rings (SSSR count). The molecule has 1 aromatic carbocycles. The lowest BCUT2D eigenvalue weighted by Crippen LogP contribution is -2.32. The van der Waals surface area contributed by atoms with Gasteiger partial charge < -0.3 is 20.5 Å². The molecule has 2 aromatic rings. The maximum absolute atomic E-state index is 12.6. The number of rotatable bonds is 3. The summed E-state index contributed by atoms with van der Waals surface area (Å²) in [6.45, 7) is 2.05. The van der Waals surface area contributed by atoms with Crippen molar-refractivity contribution in [3.05, 3.63) is 35.1 Å². The number of carbonyl (C=O) groups excluding carboxylic acids is 2. The van der Waals surface area contributed by atoms with Gasteiger partial charge in [0.15, 0.2) is 5.15 Å². The molecular weight excluding hydrogens is 422 g/mol. The first-order chi connectivity index (χ1) is 14.9. The Morgan fingerprint density at radius 3 is 2.74 bits per heavy atom. The Labute approximate surface area is 185 Å². The maximum atomic E-state index is 12.6. The largest absolute Gasteiger partial charge is 0.464 e. The lowest BCUT2D eigenvalue weighted by Gasteiger charge is -2.23. The van der Waals surface area contributed by atoms with E-state index < -0.39 is 12.1 Å². The normalized spacial score (nSPS) is 18.5. The molecule has 1 unspecified atom stereocenters. The van der Waals surface area contributed by atoms with Gasteiger partial charge in [-0.15, -0.1) is 5.10 Å². The van der Waals surface area contributed by atoms with Crippen molar-refractivity contribution in [2.45, 2.75) is 44.7 Å². The fraction of sp³-hybridized carbons (Fsp3) is 0.429. The number of ether oxygens (including phenoxy) is 2.